The van der Waals surface area contributed by atoms with Crippen molar-refractivity contribution in [3.05, 3.63) is 48.7 Å². The molecule has 1 aromatic carbocycles. The van der Waals surface area contributed by atoms with Crippen LogP contribution in [0.15, 0.2) is 58.5 Å². The van der Waals surface area contributed by atoms with Gasteiger partial charge in [0.25, 0.3) is 10.0 Å². The third kappa shape index (κ3) is 5.23. The maximum absolute atomic E-state index is 12.3. The van der Waals surface area contributed by atoms with Gasteiger partial charge in [0.15, 0.2) is 0 Å². The number of hydrogen-bond acceptors (Lipinski definition) is 6. The molecule has 2 N–H and O–H groups in total. The smallest absolute Gasteiger partial charge is 0.263 e. The second-order valence-electron chi connectivity index (χ2n) is 5.27. The van der Waals surface area contributed by atoms with Crippen molar-refractivity contribution in [3.8, 4) is 0 Å². The number of pyridine rings is 1. The molecule has 0 aliphatic heterocycles. The molecule has 25 heavy (non-hydrogen) atoms. The molecule has 1 atom stereocenters. The minimum Gasteiger partial charge on any atom is -0.383 e. The van der Waals surface area contributed by atoms with Gasteiger partial charge in [-0.15, -0.1) is 0 Å². The molecule has 10 heteroatoms. The minimum absolute atomic E-state index is 0.0350. The second-order valence-corrected chi connectivity index (χ2v) is 8.67. The molecule has 8 nitrogen and oxygen atoms in total. The number of rotatable bonds is 8. The van der Waals surface area contributed by atoms with Gasteiger partial charge in [0.1, 0.15) is 5.82 Å². The lowest BCUT2D eigenvalue weighted by Gasteiger charge is -2.13. The van der Waals surface area contributed by atoms with Crippen molar-refractivity contribution >= 4 is 25.9 Å². The number of sulfonamides is 2. The summed E-state index contributed by atoms with van der Waals surface area (Å²) in [5, 5.41) is 0. The third-order valence-corrected chi connectivity index (χ3v) is 6.10. The first-order chi connectivity index (χ1) is 11.7. The highest BCUT2D eigenvalue weighted by Gasteiger charge is 2.20. The third-order valence-electron chi connectivity index (χ3n) is 3.12. The Hall–Kier alpha value is -2.01. The van der Waals surface area contributed by atoms with E-state index in [4.69, 9.17) is 4.74 Å². The van der Waals surface area contributed by atoms with E-state index in [1.165, 1.54) is 43.6 Å². The molecule has 0 fully saturated rings. The average molecular weight is 385 g/mol. The number of hydrogen-bond donors (Lipinski definition) is 2. The van der Waals surface area contributed by atoms with E-state index in [0.29, 0.717) is 0 Å². The molecule has 1 aromatic heterocycles. The number of anilines is 1. The second kappa shape index (κ2) is 7.91. The molecule has 0 bridgehead atoms. The highest BCUT2D eigenvalue weighted by atomic mass is 32.2. The normalized spacial score (nSPS) is 13.4. The summed E-state index contributed by atoms with van der Waals surface area (Å²) in [5.74, 6) is 0.175. The molecule has 0 saturated heterocycles. The van der Waals surface area contributed by atoms with Gasteiger partial charge >= 0.3 is 0 Å². The standard InChI is InChI=1S/C15H19N3O5S2/c1-12(11-23-2)17-24(19,20)13-6-8-14(9-7-13)25(21,22)18-15-5-3-4-10-16-15/h3-10,12,17H,11H2,1-2H3,(H,16,18). The van der Waals surface area contributed by atoms with Crippen molar-refractivity contribution in [2.75, 3.05) is 18.4 Å². The number of ether oxygens (including phenoxy) is 1. The van der Waals surface area contributed by atoms with Crippen LogP contribution in [-0.2, 0) is 24.8 Å². The summed E-state index contributed by atoms with van der Waals surface area (Å²) in [5.41, 5.74) is 0. The van der Waals surface area contributed by atoms with Gasteiger partial charge in [-0.1, -0.05) is 6.07 Å². The summed E-state index contributed by atoms with van der Waals surface area (Å²) < 4.78 is 58.7. The predicted octanol–water partition coefficient (Wildman–Crippen LogP) is 1.20. The quantitative estimate of drug-likeness (QED) is 0.706. The van der Waals surface area contributed by atoms with Gasteiger partial charge in [0.2, 0.25) is 10.0 Å². The lowest BCUT2D eigenvalue weighted by Crippen LogP contribution is -2.35. The van der Waals surface area contributed by atoms with Crippen molar-refractivity contribution in [1.29, 1.82) is 0 Å². The summed E-state index contributed by atoms with van der Waals surface area (Å²) in [6.45, 7) is 1.89. The fourth-order valence-electron chi connectivity index (χ4n) is 2.03. The molecule has 0 saturated carbocycles. The van der Waals surface area contributed by atoms with Crippen LogP contribution in [0.5, 0.6) is 0 Å². The Labute approximate surface area is 147 Å². The van der Waals surface area contributed by atoms with Gasteiger partial charge < -0.3 is 4.74 Å². The monoisotopic (exact) mass is 385 g/mol. The highest BCUT2D eigenvalue weighted by molar-refractivity contribution is 7.92. The van der Waals surface area contributed by atoms with Gasteiger partial charge in [0, 0.05) is 19.3 Å². The van der Waals surface area contributed by atoms with Crippen molar-refractivity contribution < 1.29 is 21.6 Å². The molecule has 0 amide bonds. The van der Waals surface area contributed by atoms with Crippen molar-refractivity contribution in [3.63, 3.8) is 0 Å². The van der Waals surface area contributed by atoms with Gasteiger partial charge in [0.05, 0.1) is 16.4 Å². The molecular formula is C15H19N3O5S2. The highest BCUT2D eigenvalue weighted by Crippen LogP contribution is 2.17. The Morgan fingerprint density at radius 1 is 1.00 bits per heavy atom. The fourth-order valence-corrected chi connectivity index (χ4v) is 4.27. The first-order valence-corrected chi connectivity index (χ1v) is 10.3. The van der Waals surface area contributed by atoms with Gasteiger partial charge in [-0.2, -0.15) is 0 Å². The Morgan fingerprint density at radius 2 is 1.60 bits per heavy atom. The Kier molecular flexibility index (Phi) is 6.11. The van der Waals surface area contributed by atoms with Crippen LogP contribution in [0.3, 0.4) is 0 Å². The lowest BCUT2D eigenvalue weighted by molar-refractivity contribution is 0.180. The minimum atomic E-state index is -3.85. The fraction of sp³-hybridized carbons (Fsp3) is 0.267. The van der Waals surface area contributed by atoms with Crippen LogP contribution in [0.25, 0.3) is 0 Å². The average Bonchev–Trinajstić information content (AvgIpc) is 2.55. The molecular weight excluding hydrogens is 366 g/mol. The van der Waals surface area contributed by atoms with Crippen LogP contribution < -0.4 is 9.44 Å². The molecule has 2 rings (SSSR count). The predicted molar refractivity (Wildman–Crippen MR) is 93.1 cm³/mol. The molecule has 136 valence electrons. The van der Waals surface area contributed by atoms with Crippen LogP contribution in [0.2, 0.25) is 0 Å². The van der Waals surface area contributed by atoms with Crippen molar-refractivity contribution in [2.45, 2.75) is 22.8 Å². The zero-order valence-electron chi connectivity index (χ0n) is 13.7. The van der Waals surface area contributed by atoms with Gasteiger partial charge in [-0.3, -0.25) is 4.72 Å². The molecule has 1 unspecified atom stereocenters. The molecule has 0 aliphatic rings. The summed E-state index contributed by atoms with van der Waals surface area (Å²) in [6, 6.07) is 9.31. The first-order valence-electron chi connectivity index (χ1n) is 7.30. The van der Waals surface area contributed by atoms with E-state index in [9.17, 15) is 16.8 Å². The van der Waals surface area contributed by atoms with Crippen LogP contribution >= 0.6 is 0 Å². The first kappa shape index (κ1) is 19.3. The van der Waals surface area contributed by atoms with E-state index in [-0.39, 0.29) is 22.2 Å². The summed E-state index contributed by atoms with van der Waals surface area (Å²) in [4.78, 5) is 3.79. The Balaban J connectivity index is 2.19. The number of benzene rings is 1. The summed E-state index contributed by atoms with van der Waals surface area (Å²) in [6.07, 6.45) is 1.46. The van der Waals surface area contributed by atoms with Gasteiger partial charge in [-0.05, 0) is 43.3 Å². The molecule has 1 heterocycles. The van der Waals surface area contributed by atoms with E-state index in [1.54, 1.807) is 19.1 Å². The zero-order valence-corrected chi connectivity index (χ0v) is 15.3. The zero-order chi connectivity index (χ0) is 18.5. The van der Waals surface area contributed by atoms with Gasteiger partial charge in [-0.25, -0.2) is 26.5 Å². The van der Waals surface area contributed by atoms with E-state index in [1.807, 2.05) is 0 Å². The number of nitrogens with one attached hydrogen (secondary N) is 2. The Morgan fingerprint density at radius 3 is 2.12 bits per heavy atom. The number of nitrogens with zero attached hydrogens (tertiary/aromatic N) is 1. The molecule has 0 aliphatic carbocycles. The number of methoxy groups -OCH3 is 1. The molecule has 0 radical (unpaired) electrons. The van der Waals surface area contributed by atoms with Crippen LogP contribution in [0, 0.1) is 0 Å². The SMILES string of the molecule is COCC(C)NS(=O)(=O)c1ccc(S(=O)(=O)Nc2ccccn2)cc1. The van der Waals surface area contributed by atoms with E-state index in [2.05, 4.69) is 14.4 Å². The number of aromatic nitrogens is 1. The van der Waals surface area contributed by atoms with Crippen molar-refractivity contribution in [2.24, 2.45) is 0 Å². The Bertz CT molecular complexity index is 898. The molecule has 0 spiro atoms. The largest absolute Gasteiger partial charge is 0.383 e. The summed E-state index contributed by atoms with van der Waals surface area (Å²) >= 11 is 0. The van der Waals surface area contributed by atoms with E-state index < -0.39 is 26.1 Å². The maximum atomic E-state index is 12.3. The van der Waals surface area contributed by atoms with Crippen LogP contribution in [0.4, 0.5) is 5.82 Å². The van der Waals surface area contributed by atoms with Crippen LogP contribution in [-0.4, -0.2) is 41.6 Å². The maximum Gasteiger partial charge on any atom is 0.263 e. The summed E-state index contributed by atoms with van der Waals surface area (Å²) in [7, 11) is -6.14. The van der Waals surface area contributed by atoms with Crippen molar-refractivity contribution in [1.82, 2.24) is 9.71 Å². The molecule has 2 aromatic rings. The topological polar surface area (TPSA) is 114 Å². The van der Waals surface area contributed by atoms with E-state index >= 15 is 0 Å². The van der Waals surface area contributed by atoms with Crippen LogP contribution in [0.1, 0.15) is 6.92 Å². The van der Waals surface area contributed by atoms with E-state index in [0.717, 1.165) is 0 Å². The lowest BCUT2D eigenvalue weighted by atomic mass is 10.4.